The van der Waals surface area contributed by atoms with Gasteiger partial charge in [-0.2, -0.15) is 0 Å². The Morgan fingerprint density at radius 1 is 1.00 bits per heavy atom. The summed E-state index contributed by atoms with van der Waals surface area (Å²) in [6.07, 6.45) is -0.446. The van der Waals surface area contributed by atoms with E-state index in [1.165, 1.54) is 0 Å². The summed E-state index contributed by atoms with van der Waals surface area (Å²) in [5, 5.41) is 2.72. The van der Waals surface area contributed by atoms with Gasteiger partial charge in [0.05, 0.1) is 0 Å². The molecule has 114 valence electrons. The molecule has 0 saturated carbocycles. The van der Waals surface area contributed by atoms with Crippen LogP contribution in [0.15, 0.2) is 48.5 Å². The number of benzene rings is 2. The number of amides is 1. The highest BCUT2D eigenvalue weighted by Crippen LogP contribution is 2.30. The van der Waals surface area contributed by atoms with Crippen LogP contribution in [0, 0.1) is 0 Å². The van der Waals surface area contributed by atoms with E-state index < -0.39 is 6.09 Å². The summed E-state index contributed by atoms with van der Waals surface area (Å²) in [5.74, 6) is 1.45. The van der Waals surface area contributed by atoms with Crippen molar-refractivity contribution in [3.05, 3.63) is 59.7 Å². The minimum absolute atomic E-state index is 0.258. The molecule has 0 spiro atoms. The number of carbonyl (C=O) groups excluding carboxylic acids is 1. The minimum Gasteiger partial charge on any atom is -0.486 e. The molecule has 0 aliphatic carbocycles. The van der Waals surface area contributed by atoms with Gasteiger partial charge in [-0.1, -0.05) is 36.4 Å². The van der Waals surface area contributed by atoms with Crippen LogP contribution in [0.5, 0.6) is 11.5 Å². The molecule has 5 heteroatoms. The normalized spacial score (nSPS) is 12.5. The van der Waals surface area contributed by atoms with E-state index >= 15 is 0 Å². The molecule has 0 bridgehead atoms. The lowest BCUT2D eigenvalue weighted by atomic mass is 10.2. The standard InChI is InChI=1S/C17H17NO4/c19-17(22-12-13-4-2-1-3-5-13)18-11-14-6-7-15-16(10-14)21-9-8-20-15/h1-7,10H,8-9,11-12H2,(H,18,19). The third-order valence-corrected chi connectivity index (χ3v) is 3.26. The highest BCUT2D eigenvalue weighted by molar-refractivity contribution is 5.67. The van der Waals surface area contributed by atoms with E-state index in [4.69, 9.17) is 14.2 Å². The van der Waals surface area contributed by atoms with Crippen molar-refractivity contribution >= 4 is 6.09 Å². The Balaban J connectivity index is 1.48. The SMILES string of the molecule is O=C(NCc1ccc2c(c1)OCCO2)OCc1ccccc1. The zero-order chi connectivity index (χ0) is 15.2. The summed E-state index contributed by atoms with van der Waals surface area (Å²) >= 11 is 0. The highest BCUT2D eigenvalue weighted by Gasteiger charge is 2.12. The van der Waals surface area contributed by atoms with E-state index in [0.29, 0.717) is 25.5 Å². The largest absolute Gasteiger partial charge is 0.486 e. The van der Waals surface area contributed by atoms with Crippen LogP contribution in [0.4, 0.5) is 4.79 Å². The van der Waals surface area contributed by atoms with E-state index in [0.717, 1.165) is 16.9 Å². The first-order valence-corrected chi connectivity index (χ1v) is 7.14. The number of nitrogens with one attached hydrogen (secondary N) is 1. The van der Waals surface area contributed by atoms with Crippen molar-refractivity contribution in [3.8, 4) is 11.5 Å². The molecule has 5 nitrogen and oxygen atoms in total. The Bertz CT molecular complexity index is 642. The minimum atomic E-state index is -0.446. The summed E-state index contributed by atoms with van der Waals surface area (Å²) in [5.41, 5.74) is 1.89. The zero-order valence-electron chi connectivity index (χ0n) is 12.1. The number of carbonyl (C=O) groups is 1. The average Bonchev–Trinajstić information content (AvgIpc) is 2.59. The van der Waals surface area contributed by atoms with Gasteiger partial charge in [0, 0.05) is 6.54 Å². The molecule has 0 saturated heterocycles. The Kier molecular flexibility index (Phi) is 4.44. The second kappa shape index (κ2) is 6.85. The smallest absolute Gasteiger partial charge is 0.407 e. The number of hydrogen-bond donors (Lipinski definition) is 1. The van der Waals surface area contributed by atoms with E-state index in [2.05, 4.69) is 5.32 Å². The summed E-state index contributed by atoms with van der Waals surface area (Å²) in [7, 11) is 0. The summed E-state index contributed by atoms with van der Waals surface area (Å²) in [4.78, 5) is 11.7. The predicted molar refractivity (Wildman–Crippen MR) is 80.9 cm³/mol. The second-order valence-corrected chi connectivity index (χ2v) is 4.89. The molecule has 0 fully saturated rings. The van der Waals surface area contributed by atoms with Gasteiger partial charge < -0.3 is 19.5 Å². The Hall–Kier alpha value is -2.69. The quantitative estimate of drug-likeness (QED) is 0.943. The molecular weight excluding hydrogens is 282 g/mol. The van der Waals surface area contributed by atoms with Crippen LogP contribution in [0.3, 0.4) is 0 Å². The monoisotopic (exact) mass is 299 g/mol. The fraction of sp³-hybridized carbons (Fsp3) is 0.235. The Morgan fingerprint density at radius 2 is 1.77 bits per heavy atom. The molecule has 0 radical (unpaired) electrons. The van der Waals surface area contributed by atoms with Crippen LogP contribution in [0.2, 0.25) is 0 Å². The van der Waals surface area contributed by atoms with Crippen LogP contribution in [-0.4, -0.2) is 19.3 Å². The van der Waals surface area contributed by atoms with E-state index in [9.17, 15) is 4.79 Å². The van der Waals surface area contributed by atoms with Gasteiger partial charge in [0.25, 0.3) is 0 Å². The van der Waals surface area contributed by atoms with Gasteiger partial charge in [-0.05, 0) is 23.3 Å². The average molecular weight is 299 g/mol. The molecule has 3 rings (SSSR count). The molecule has 1 N–H and O–H groups in total. The van der Waals surface area contributed by atoms with Gasteiger partial charge in [-0.25, -0.2) is 4.79 Å². The highest BCUT2D eigenvalue weighted by atomic mass is 16.6. The summed E-state index contributed by atoms with van der Waals surface area (Å²) < 4.78 is 16.1. The maximum Gasteiger partial charge on any atom is 0.407 e. The van der Waals surface area contributed by atoms with E-state index in [1.54, 1.807) is 0 Å². The first-order chi connectivity index (χ1) is 10.8. The topological polar surface area (TPSA) is 56.8 Å². The van der Waals surface area contributed by atoms with Crippen LogP contribution >= 0.6 is 0 Å². The lowest BCUT2D eigenvalue weighted by molar-refractivity contribution is 0.139. The predicted octanol–water partition coefficient (Wildman–Crippen LogP) is 2.88. The number of alkyl carbamates (subject to hydrolysis) is 1. The van der Waals surface area contributed by atoms with Crippen LogP contribution < -0.4 is 14.8 Å². The number of hydrogen-bond acceptors (Lipinski definition) is 4. The van der Waals surface area contributed by atoms with Crippen LogP contribution in [0.25, 0.3) is 0 Å². The molecule has 0 unspecified atom stereocenters. The zero-order valence-corrected chi connectivity index (χ0v) is 12.1. The lowest BCUT2D eigenvalue weighted by Crippen LogP contribution is -2.23. The van der Waals surface area contributed by atoms with Crippen molar-refractivity contribution in [3.63, 3.8) is 0 Å². The summed E-state index contributed by atoms with van der Waals surface area (Å²) in [6, 6.07) is 15.2. The van der Waals surface area contributed by atoms with Crippen molar-refractivity contribution in [2.45, 2.75) is 13.2 Å². The number of fused-ring (bicyclic) bond motifs is 1. The molecule has 22 heavy (non-hydrogen) atoms. The van der Waals surface area contributed by atoms with Crippen molar-refractivity contribution in [2.24, 2.45) is 0 Å². The molecule has 2 aromatic carbocycles. The van der Waals surface area contributed by atoms with Gasteiger partial charge in [-0.3, -0.25) is 0 Å². The Morgan fingerprint density at radius 3 is 2.59 bits per heavy atom. The van der Waals surface area contributed by atoms with E-state index in [-0.39, 0.29) is 6.61 Å². The molecular formula is C17H17NO4. The van der Waals surface area contributed by atoms with Gasteiger partial charge in [0.2, 0.25) is 0 Å². The fourth-order valence-corrected chi connectivity index (χ4v) is 2.15. The maximum absolute atomic E-state index is 11.7. The molecule has 1 heterocycles. The molecule has 0 atom stereocenters. The fourth-order valence-electron chi connectivity index (χ4n) is 2.15. The molecule has 1 aliphatic heterocycles. The van der Waals surface area contributed by atoms with Gasteiger partial charge in [0.15, 0.2) is 11.5 Å². The van der Waals surface area contributed by atoms with Crippen molar-refractivity contribution in [2.75, 3.05) is 13.2 Å². The molecule has 1 amide bonds. The summed E-state index contributed by atoms with van der Waals surface area (Å²) in [6.45, 7) is 1.75. The van der Waals surface area contributed by atoms with E-state index in [1.807, 2.05) is 48.5 Å². The first-order valence-electron chi connectivity index (χ1n) is 7.14. The molecule has 0 aromatic heterocycles. The molecule has 2 aromatic rings. The van der Waals surface area contributed by atoms with Gasteiger partial charge >= 0.3 is 6.09 Å². The van der Waals surface area contributed by atoms with Crippen molar-refractivity contribution in [1.82, 2.24) is 5.32 Å². The number of ether oxygens (including phenoxy) is 3. The lowest BCUT2D eigenvalue weighted by Gasteiger charge is -2.18. The van der Waals surface area contributed by atoms with Crippen LogP contribution in [-0.2, 0) is 17.9 Å². The third-order valence-electron chi connectivity index (χ3n) is 3.26. The third kappa shape index (κ3) is 3.69. The van der Waals surface area contributed by atoms with Crippen molar-refractivity contribution < 1.29 is 19.0 Å². The Labute approximate surface area is 128 Å². The van der Waals surface area contributed by atoms with Gasteiger partial charge in [0.1, 0.15) is 19.8 Å². The van der Waals surface area contributed by atoms with Crippen molar-refractivity contribution in [1.29, 1.82) is 0 Å². The second-order valence-electron chi connectivity index (χ2n) is 4.89. The maximum atomic E-state index is 11.7. The van der Waals surface area contributed by atoms with Gasteiger partial charge in [-0.15, -0.1) is 0 Å². The molecule has 1 aliphatic rings. The van der Waals surface area contributed by atoms with Crippen LogP contribution in [0.1, 0.15) is 11.1 Å². The number of rotatable bonds is 4. The first kappa shape index (κ1) is 14.3.